The summed E-state index contributed by atoms with van der Waals surface area (Å²) in [6, 6.07) is 15.2. The molecule has 4 aromatic rings. The van der Waals surface area contributed by atoms with Gasteiger partial charge in [-0.05, 0) is 63.6 Å². The Labute approximate surface area is 234 Å². The fraction of sp³-hybridized carbons (Fsp3) is 0.233. The number of fused-ring (bicyclic) bond motifs is 3. The first-order valence-corrected chi connectivity index (χ1v) is 14.6. The van der Waals surface area contributed by atoms with Gasteiger partial charge in [-0.3, -0.25) is 0 Å². The normalized spacial score (nSPS) is 16.0. The van der Waals surface area contributed by atoms with Crippen molar-refractivity contribution in [1.82, 2.24) is 0 Å². The van der Waals surface area contributed by atoms with Crippen LogP contribution in [0.3, 0.4) is 0 Å². The summed E-state index contributed by atoms with van der Waals surface area (Å²) in [5.74, 6) is 0.0762. The molecule has 8 heteroatoms. The Morgan fingerprint density at radius 3 is 2.34 bits per heavy atom. The quantitative estimate of drug-likeness (QED) is 0.177. The topological polar surface area (TPSA) is 45.0 Å². The molecule has 0 amide bonds. The molecule has 4 heterocycles. The fourth-order valence-corrected chi connectivity index (χ4v) is 8.55. The summed E-state index contributed by atoms with van der Waals surface area (Å²) >= 11 is 5.37. The van der Waals surface area contributed by atoms with Crippen molar-refractivity contribution in [2.45, 2.75) is 33.3 Å². The lowest BCUT2D eigenvalue weighted by Gasteiger charge is -2.21. The second kappa shape index (κ2) is 10.1. The van der Waals surface area contributed by atoms with Crippen LogP contribution >= 0.6 is 34.0 Å². The van der Waals surface area contributed by atoms with E-state index in [4.69, 9.17) is 17.9 Å². The molecule has 0 aliphatic carbocycles. The zero-order valence-electron chi connectivity index (χ0n) is 21.5. The third-order valence-electron chi connectivity index (χ3n) is 6.56. The molecule has 3 aromatic heterocycles. The summed E-state index contributed by atoms with van der Waals surface area (Å²) in [7, 11) is 0. The van der Waals surface area contributed by atoms with E-state index in [0.717, 1.165) is 18.0 Å². The van der Waals surface area contributed by atoms with Crippen LogP contribution in [0.4, 0.5) is 5.69 Å². The van der Waals surface area contributed by atoms with Crippen LogP contribution in [0.2, 0.25) is 0 Å². The molecule has 1 aromatic carbocycles. The molecule has 38 heavy (non-hydrogen) atoms. The Morgan fingerprint density at radius 2 is 1.71 bits per heavy atom. The van der Waals surface area contributed by atoms with E-state index in [-0.39, 0.29) is 17.2 Å². The van der Waals surface area contributed by atoms with Crippen molar-refractivity contribution in [3.05, 3.63) is 92.9 Å². The van der Waals surface area contributed by atoms with E-state index in [0.29, 0.717) is 5.57 Å². The summed E-state index contributed by atoms with van der Waals surface area (Å²) in [5.41, 5.74) is 2.40. The van der Waals surface area contributed by atoms with E-state index in [9.17, 15) is 5.26 Å². The highest BCUT2D eigenvalue weighted by atomic mass is 32.1. The molecule has 0 saturated heterocycles. The van der Waals surface area contributed by atoms with Crippen LogP contribution in [0.15, 0.2) is 65.2 Å². The number of nitrogens with zero attached hydrogens (tertiary/aromatic N) is 4. The van der Waals surface area contributed by atoms with Crippen LogP contribution in [0.5, 0.6) is 0 Å². The van der Waals surface area contributed by atoms with Crippen LogP contribution in [0.25, 0.3) is 45.0 Å². The number of allylic oxidation sites excluding steroid dienone is 1. The number of thiophene rings is 3. The van der Waals surface area contributed by atoms with Crippen molar-refractivity contribution in [2.75, 3.05) is 18.0 Å². The first kappa shape index (κ1) is 25.8. The molecule has 0 N–H and O–H groups in total. The Morgan fingerprint density at radius 1 is 1.03 bits per heavy atom. The van der Waals surface area contributed by atoms with Gasteiger partial charge in [-0.15, -0.1) is 34.0 Å². The first-order valence-electron chi connectivity index (χ1n) is 12.2. The minimum Gasteiger partial charge on any atom is -0.505 e. The van der Waals surface area contributed by atoms with Crippen LogP contribution in [0, 0.1) is 24.5 Å². The van der Waals surface area contributed by atoms with Crippen molar-refractivity contribution in [2.24, 2.45) is 0 Å². The number of benzene rings is 1. The maximum Gasteiger partial charge on any atom is 0.292 e. The number of nitriles is 1. The molecule has 0 fully saturated rings. The standard InChI is InChI=1S/C30H24N4OS3/c1-7-34(8-2)19-11-9-18(10-12-19)23-16-25-29(38-23)28-24(37-25)15-20(36-28)13-14-21-26(33-6)27(22(17-31)32-5)35-30(21,3)4/h9-16H,7-8H2,1-4H3/b14-13+,27-22+. The molecule has 1 aliphatic heterocycles. The number of hydrogen-bond donors (Lipinski definition) is 0. The second-order valence-corrected chi connectivity index (χ2v) is 12.4. The van der Waals surface area contributed by atoms with Crippen LogP contribution < -0.4 is 4.90 Å². The van der Waals surface area contributed by atoms with Crippen molar-refractivity contribution in [3.8, 4) is 16.5 Å². The maximum absolute atomic E-state index is 9.29. The van der Waals surface area contributed by atoms with E-state index in [1.165, 1.54) is 34.9 Å². The molecule has 0 spiro atoms. The van der Waals surface area contributed by atoms with Crippen LogP contribution in [0.1, 0.15) is 32.6 Å². The predicted molar refractivity (Wildman–Crippen MR) is 161 cm³/mol. The molecule has 0 atom stereocenters. The third kappa shape index (κ3) is 4.40. The molecular weight excluding hydrogens is 529 g/mol. The highest BCUT2D eigenvalue weighted by Gasteiger charge is 2.38. The first-order chi connectivity index (χ1) is 18.3. The van der Waals surface area contributed by atoms with Gasteiger partial charge < -0.3 is 9.64 Å². The lowest BCUT2D eigenvalue weighted by atomic mass is 9.97. The smallest absolute Gasteiger partial charge is 0.292 e. The molecule has 1 aliphatic rings. The van der Waals surface area contributed by atoms with Gasteiger partial charge in [0, 0.05) is 43.5 Å². The molecule has 5 nitrogen and oxygen atoms in total. The third-order valence-corrected chi connectivity index (χ3v) is 10.3. The van der Waals surface area contributed by atoms with Crippen LogP contribution in [-0.4, -0.2) is 18.7 Å². The van der Waals surface area contributed by atoms with E-state index >= 15 is 0 Å². The summed E-state index contributed by atoms with van der Waals surface area (Å²) in [5, 5.41) is 9.29. The minimum atomic E-state index is -0.802. The second-order valence-electron chi connectivity index (χ2n) is 9.19. The molecule has 0 bridgehead atoms. The summed E-state index contributed by atoms with van der Waals surface area (Å²) in [6.07, 6.45) is 3.89. The van der Waals surface area contributed by atoms with Gasteiger partial charge in [-0.25, -0.2) is 15.0 Å². The van der Waals surface area contributed by atoms with E-state index in [2.05, 4.69) is 64.8 Å². The molecule has 188 valence electrons. The summed E-state index contributed by atoms with van der Waals surface area (Å²) in [4.78, 5) is 11.6. The average Bonchev–Trinajstić information content (AvgIpc) is 3.63. The van der Waals surface area contributed by atoms with Crippen molar-refractivity contribution < 1.29 is 4.74 Å². The average molecular weight is 553 g/mol. The Balaban J connectivity index is 1.47. The van der Waals surface area contributed by atoms with Gasteiger partial charge in [0.05, 0.1) is 28.6 Å². The SMILES string of the molecule is [C-]#[N+]C1=C(/C=C/c2cc3sc4cc(-c5ccc(N(CC)CC)cc5)sc4c3s2)C(C)(C)O/C1=C(\C#N)[N+]#[C-]. The maximum atomic E-state index is 9.29. The van der Waals surface area contributed by atoms with E-state index in [1.807, 2.05) is 43.4 Å². The van der Waals surface area contributed by atoms with Crippen LogP contribution in [-0.2, 0) is 4.74 Å². The summed E-state index contributed by atoms with van der Waals surface area (Å²) < 4.78 is 11.0. The highest BCUT2D eigenvalue weighted by Crippen LogP contribution is 2.47. The Kier molecular flexibility index (Phi) is 6.86. The monoisotopic (exact) mass is 552 g/mol. The molecule has 5 rings (SSSR count). The molecule has 0 radical (unpaired) electrons. The predicted octanol–water partition coefficient (Wildman–Crippen LogP) is 9.34. The minimum absolute atomic E-state index is 0.0762. The Bertz CT molecular complexity index is 1750. The van der Waals surface area contributed by atoms with Gasteiger partial charge in [-0.1, -0.05) is 18.2 Å². The van der Waals surface area contributed by atoms with E-state index < -0.39 is 5.60 Å². The number of ether oxygens (including phenoxy) is 1. The lowest BCUT2D eigenvalue weighted by Crippen LogP contribution is -2.21. The molecular formula is C30H24N4OS3. The van der Waals surface area contributed by atoms with Gasteiger partial charge in [0.1, 0.15) is 11.4 Å². The summed E-state index contributed by atoms with van der Waals surface area (Å²) in [6.45, 7) is 25.0. The van der Waals surface area contributed by atoms with Gasteiger partial charge in [0.2, 0.25) is 5.70 Å². The molecule has 0 saturated carbocycles. The zero-order valence-corrected chi connectivity index (χ0v) is 23.9. The number of anilines is 1. The molecule has 0 unspecified atom stereocenters. The van der Waals surface area contributed by atoms with Crippen molar-refractivity contribution >= 4 is 64.6 Å². The lowest BCUT2D eigenvalue weighted by molar-refractivity contribution is 0.0952. The zero-order chi connectivity index (χ0) is 27.0. The number of rotatable bonds is 6. The highest BCUT2D eigenvalue weighted by molar-refractivity contribution is 7.39. The van der Waals surface area contributed by atoms with Gasteiger partial charge in [0.15, 0.2) is 0 Å². The largest absolute Gasteiger partial charge is 0.505 e. The Hall–Kier alpha value is -3.87. The van der Waals surface area contributed by atoms with E-state index in [1.54, 1.807) is 22.7 Å². The van der Waals surface area contributed by atoms with Gasteiger partial charge in [0.25, 0.3) is 5.70 Å². The van der Waals surface area contributed by atoms with Gasteiger partial charge >= 0.3 is 0 Å². The van der Waals surface area contributed by atoms with Crippen molar-refractivity contribution in [1.29, 1.82) is 5.26 Å². The van der Waals surface area contributed by atoms with Crippen molar-refractivity contribution in [3.63, 3.8) is 0 Å². The fourth-order valence-electron chi connectivity index (χ4n) is 4.61. The van der Waals surface area contributed by atoms with Gasteiger partial charge in [-0.2, -0.15) is 0 Å². The number of hydrogen-bond acceptors (Lipinski definition) is 6.